The van der Waals surface area contributed by atoms with Gasteiger partial charge in [0.25, 0.3) is 0 Å². The maximum absolute atomic E-state index is 11.8. The van der Waals surface area contributed by atoms with Gasteiger partial charge in [0, 0.05) is 6.04 Å². The van der Waals surface area contributed by atoms with Crippen molar-refractivity contribution in [1.82, 2.24) is 10.2 Å². The first-order chi connectivity index (χ1) is 9.29. The molecule has 0 amide bonds. The minimum absolute atomic E-state index is 0.163. The Labute approximate surface area is 124 Å². The molecule has 1 saturated heterocycles. The standard InChI is InChI=1S/C16H32N2O2/c1-13-9-6-7-11-18(13)12-8-10-17-14(2)15(19)20-16(3,4)5/h13-14,17H,6-12H2,1-5H3. The Hall–Kier alpha value is -0.610. The maximum Gasteiger partial charge on any atom is 0.323 e. The number of esters is 1. The van der Waals surface area contributed by atoms with Crippen molar-refractivity contribution in [2.75, 3.05) is 19.6 Å². The Morgan fingerprint density at radius 1 is 1.40 bits per heavy atom. The third-order valence-electron chi connectivity index (χ3n) is 3.77. The second-order valence-electron chi connectivity index (χ2n) is 6.94. The molecule has 0 spiro atoms. The molecule has 0 bridgehead atoms. The Bertz CT molecular complexity index is 299. The summed E-state index contributed by atoms with van der Waals surface area (Å²) in [5, 5.41) is 3.26. The predicted octanol–water partition coefficient (Wildman–Crippen LogP) is 2.57. The Balaban J connectivity index is 2.15. The number of carbonyl (C=O) groups is 1. The molecule has 1 heterocycles. The minimum Gasteiger partial charge on any atom is -0.459 e. The second-order valence-corrected chi connectivity index (χ2v) is 6.94. The first-order valence-corrected chi connectivity index (χ1v) is 8.00. The smallest absolute Gasteiger partial charge is 0.323 e. The number of likely N-dealkylation sites (tertiary alicyclic amines) is 1. The van der Waals surface area contributed by atoms with Crippen molar-refractivity contribution >= 4 is 5.97 Å². The number of hydrogen-bond donors (Lipinski definition) is 1. The van der Waals surface area contributed by atoms with Crippen LogP contribution in [-0.4, -0.2) is 48.2 Å². The second kappa shape index (κ2) is 7.99. The average molecular weight is 284 g/mol. The topological polar surface area (TPSA) is 41.6 Å². The molecule has 0 aromatic heterocycles. The molecule has 0 saturated carbocycles. The molecule has 1 rings (SSSR count). The largest absolute Gasteiger partial charge is 0.459 e. The molecule has 2 atom stereocenters. The molecule has 118 valence electrons. The highest BCUT2D eigenvalue weighted by atomic mass is 16.6. The molecule has 1 N–H and O–H groups in total. The lowest BCUT2D eigenvalue weighted by molar-refractivity contribution is -0.156. The van der Waals surface area contributed by atoms with Crippen molar-refractivity contribution in [1.29, 1.82) is 0 Å². The van der Waals surface area contributed by atoms with E-state index >= 15 is 0 Å². The Morgan fingerprint density at radius 3 is 2.70 bits per heavy atom. The molecule has 1 aliphatic rings. The molecule has 1 aliphatic heterocycles. The van der Waals surface area contributed by atoms with Gasteiger partial charge in [0.1, 0.15) is 11.6 Å². The van der Waals surface area contributed by atoms with Crippen LogP contribution in [0.15, 0.2) is 0 Å². The van der Waals surface area contributed by atoms with Crippen molar-refractivity contribution in [2.24, 2.45) is 0 Å². The molecule has 2 unspecified atom stereocenters. The summed E-state index contributed by atoms with van der Waals surface area (Å²) in [5.74, 6) is -0.163. The summed E-state index contributed by atoms with van der Waals surface area (Å²) in [7, 11) is 0. The van der Waals surface area contributed by atoms with Gasteiger partial charge < -0.3 is 15.0 Å². The summed E-state index contributed by atoms with van der Waals surface area (Å²) in [6, 6.07) is 0.486. The first-order valence-electron chi connectivity index (χ1n) is 8.00. The quantitative estimate of drug-likeness (QED) is 0.601. The molecule has 0 aliphatic carbocycles. The van der Waals surface area contributed by atoms with Crippen LogP contribution in [0.5, 0.6) is 0 Å². The molecule has 1 fully saturated rings. The van der Waals surface area contributed by atoms with Crippen LogP contribution in [0.4, 0.5) is 0 Å². The normalized spacial score (nSPS) is 22.6. The van der Waals surface area contributed by atoms with Gasteiger partial charge in [-0.05, 0) is 73.5 Å². The lowest BCUT2D eigenvalue weighted by atomic mass is 10.0. The number of ether oxygens (including phenoxy) is 1. The number of carbonyl (C=O) groups excluding carboxylic acids is 1. The van der Waals surface area contributed by atoms with Crippen LogP contribution in [-0.2, 0) is 9.53 Å². The molecular weight excluding hydrogens is 252 g/mol. The van der Waals surface area contributed by atoms with Gasteiger partial charge in [0.15, 0.2) is 0 Å². The summed E-state index contributed by atoms with van der Waals surface area (Å²) in [6.45, 7) is 13.1. The Kier molecular flexibility index (Phi) is 6.96. The van der Waals surface area contributed by atoms with E-state index < -0.39 is 5.60 Å². The zero-order valence-electron chi connectivity index (χ0n) is 13.9. The lowest BCUT2D eigenvalue weighted by Gasteiger charge is -2.33. The van der Waals surface area contributed by atoms with E-state index in [-0.39, 0.29) is 12.0 Å². The van der Waals surface area contributed by atoms with E-state index in [0.717, 1.165) is 19.5 Å². The van der Waals surface area contributed by atoms with Crippen LogP contribution < -0.4 is 5.32 Å². The van der Waals surface area contributed by atoms with Gasteiger partial charge >= 0.3 is 5.97 Å². The van der Waals surface area contributed by atoms with E-state index in [1.807, 2.05) is 27.7 Å². The number of piperidine rings is 1. The highest BCUT2D eigenvalue weighted by Crippen LogP contribution is 2.16. The van der Waals surface area contributed by atoms with E-state index in [2.05, 4.69) is 17.1 Å². The van der Waals surface area contributed by atoms with Crippen LogP contribution in [0.25, 0.3) is 0 Å². The molecular formula is C16H32N2O2. The average Bonchev–Trinajstić information content (AvgIpc) is 2.34. The van der Waals surface area contributed by atoms with E-state index in [4.69, 9.17) is 4.74 Å². The van der Waals surface area contributed by atoms with Crippen molar-refractivity contribution in [3.8, 4) is 0 Å². The molecule has 0 radical (unpaired) electrons. The van der Waals surface area contributed by atoms with Crippen LogP contribution in [0.1, 0.15) is 60.3 Å². The molecule has 0 aromatic carbocycles. The van der Waals surface area contributed by atoms with E-state index in [1.165, 1.54) is 25.8 Å². The van der Waals surface area contributed by atoms with Crippen molar-refractivity contribution in [2.45, 2.75) is 78.0 Å². The van der Waals surface area contributed by atoms with E-state index in [9.17, 15) is 4.79 Å². The van der Waals surface area contributed by atoms with Crippen LogP contribution in [0.3, 0.4) is 0 Å². The summed E-state index contributed by atoms with van der Waals surface area (Å²) in [6.07, 6.45) is 5.09. The third-order valence-corrected chi connectivity index (χ3v) is 3.77. The van der Waals surface area contributed by atoms with Gasteiger partial charge in [-0.25, -0.2) is 0 Å². The van der Waals surface area contributed by atoms with Gasteiger partial charge in [-0.1, -0.05) is 6.42 Å². The minimum atomic E-state index is -0.406. The summed E-state index contributed by atoms with van der Waals surface area (Å²) >= 11 is 0. The van der Waals surface area contributed by atoms with E-state index in [0.29, 0.717) is 6.04 Å². The highest BCUT2D eigenvalue weighted by Gasteiger charge is 2.21. The number of rotatable bonds is 6. The summed E-state index contributed by atoms with van der Waals surface area (Å²) < 4.78 is 5.35. The third kappa shape index (κ3) is 6.71. The van der Waals surface area contributed by atoms with Crippen LogP contribution in [0, 0.1) is 0 Å². The summed E-state index contributed by atoms with van der Waals surface area (Å²) in [5.41, 5.74) is -0.406. The SMILES string of the molecule is CC(NCCCN1CCCCC1C)C(=O)OC(C)(C)C. The fourth-order valence-corrected chi connectivity index (χ4v) is 2.56. The molecule has 0 aromatic rings. The fraction of sp³-hybridized carbons (Fsp3) is 0.938. The van der Waals surface area contributed by atoms with Crippen molar-refractivity contribution < 1.29 is 9.53 Å². The molecule has 4 heteroatoms. The van der Waals surface area contributed by atoms with E-state index in [1.54, 1.807) is 0 Å². The number of nitrogens with one attached hydrogen (secondary N) is 1. The van der Waals surface area contributed by atoms with Gasteiger partial charge in [0.05, 0.1) is 0 Å². The van der Waals surface area contributed by atoms with Gasteiger partial charge in [-0.2, -0.15) is 0 Å². The van der Waals surface area contributed by atoms with Gasteiger partial charge in [-0.3, -0.25) is 4.79 Å². The number of nitrogens with zero attached hydrogens (tertiary/aromatic N) is 1. The summed E-state index contributed by atoms with van der Waals surface area (Å²) in [4.78, 5) is 14.4. The van der Waals surface area contributed by atoms with Crippen molar-refractivity contribution in [3.63, 3.8) is 0 Å². The maximum atomic E-state index is 11.8. The predicted molar refractivity (Wildman–Crippen MR) is 82.8 cm³/mol. The zero-order valence-corrected chi connectivity index (χ0v) is 13.9. The van der Waals surface area contributed by atoms with Gasteiger partial charge in [-0.15, -0.1) is 0 Å². The van der Waals surface area contributed by atoms with Crippen molar-refractivity contribution in [3.05, 3.63) is 0 Å². The zero-order chi connectivity index (χ0) is 15.2. The number of hydrogen-bond acceptors (Lipinski definition) is 4. The first kappa shape index (κ1) is 17.4. The van der Waals surface area contributed by atoms with Gasteiger partial charge in [0.2, 0.25) is 0 Å². The Morgan fingerprint density at radius 2 is 2.10 bits per heavy atom. The molecule has 20 heavy (non-hydrogen) atoms. The lowest BCUT2D eigenvalue weighted by Crippen LogP contribution is -2.42. The monoisotopic (exact) mass is 284 g/mol. The molecule has 4 nitrogen and oxygen atoms in total. The van der Waals surface area contributed by atoms with Crippen LogP contribution >= 0.6 is 0 Å². The van der Waals surface area contributed by atoms with Crippen LogP contribution in [0.2, 0.25) is 0 Å². The highest BCUT2D eigenvalue weighted by molar-refractivity contribution is 5.75. The fourth-order valence-electron chi connectivity index (χ4n) is 2.56.